The molecule has 5 rings (SSSR count). The Morgan fingerprint density at radius 1 is 0.784 bits per heavy atom. The van der Waals surface area contributed by atoms with E-state index in [1.54, 1.807) is 34.6 Å². The lowest BCUT2D eigenvalue weighted by Crippen LogP contribution is -2.59. The molecule has 0 radical (unpaired) electrons. The predicted molar refractivity (Wildman–Crippen MR) is 138 cm³/mol. The number of hydrogen-bond donors (Lipinski definition) is 0. The van der Waals surface area contributed by atoms with Crippen LogP contribution in [0.15, 0.2) is 54.7 Å². The number of methoxy groups -OCH3 is 4. The highest BCUT2D eigenvalue weighted by molar-refractivity contribution is 5.65. The van der Waals surface area contributed by atoms with Crippen molar-refractivity contribution >= 4 is 0 Å². The maximum absolute atomic E-state index is 6.46. The molecule has 6 atom stereocenters. The summed E-state index contributed by atoms with van der Waals surface area (Å²) in [6.45, 7) is 1.97. The van der Waals surface area contributed by atoms with E-state index in [1.807, 2.05) is 37.3 Å². The SMILES string of the molecule is COc1ccc(-c2nccc(-c3ccc4c(c3)CC(O[C@@H]3O[C@@H](C)[C@H](OC)[C@@H](OC)[C@H]3OC)C4)n2)cc1. The van der Waals surface area contributed by atoms with Gasteiger partial charge in [-0.25, -0.2) is 9.97 Å². The molecule has 8 heteroatoms. The minimum absolute atomic E-state index is 0.0167. The monoisotopic (exact) mass is 506 g/mol. The molecular weight excluding hydrogens is 472 g/mol. The lowest BCUT2D eigenvalue weighted by Gasteiger charge is -2.44. The van der Waals surface area contributed by atoms with Gasteiger partial charge in [0.1, 0.15) is 24.1 Å². The molecule has 37 heavy (non-hydrogen) atoms. The van der Waals surface area contributed by atoms with Gasteiger partial charge in [-0.3, -0.25) is 0 Å². The topological polar surface area (TPSA) is 81.2 Å². The molecule has 2 heterocycles. The number of nitrogens with zero attached hydrogens (tertiary/aromatic N) is 2. The molecule has 0 bridgehead atoms. The molecule has 196 valence electrons. The average molecular weight is 507 g/mol. The normalized spacial score (nSPS) is 27.2. The molecule has 2 aromatic carbocycles. The van der Waals surface area contributed by atoms with E-state index in [0.717, 1.165) is 35.4 Å². The summed E-state index contributed by atoms with van der Waals surface area (Å²) in [4.78, 5) is 9.29. The van der Waals surface area contributed by atoms with Crippen LogP contribution in [0.2, 0.25) is 0 Å². The van der Waals surface area contributed by atoms with Crippen LogP contribution in [0.1, 0.15) is 18.1 Å². The fraction of sp³-hybridized carbons (Fsp3) is 0.448. The molecule has 2 aliphatic rings. The first-order valence-electron chi connectivity index (χ1n) is 12.5. The highest BCUT2D eigenvalue weighted by Gasteiger charge is 2.47. The summed E-state index contributed by atoms with van der Waals surface area (Å²) >= 11 is 0. The standard InChI is InChI=1S/C29H34N2O6/c1-17-25(33-3)26(34-4)27(35-5)29(36-17)37-23-15-19-6-7-20(14-21(19)16-23)24-12-13-30-28(31-24)18-8-10-22(32-2)11-9-18/h6-14,17,23,25-27,29H,15-16H2,1-5H3/t17-,23?,25-,26+,27+,29-/m0/s1. The number of ether oxygens (including phenoxy) is 6. The smallest absolute Gasteiger partial charge is 0.187 e. The van der Waals surface area contributed by atoms with Crippen molar-refractivity contribution in [1.29, 1.82) is 0 Å². The second kappa shape index (κ2) is 11.2. The Morgan fingerprint density at radius 3 is 2.19 bits per heavy atom. The summed E-state index contributed by atoms with van der Waals surface area (Å²) in [6.07, 6.45) is 1.77. The first kappa shape index (κ1) is 25.8. The average Bonchev–Trinajstić information content (AvgIpc) is 3.34. The van der Waals surface area contributed by atoms with Crippen molar-refractivity contribution in [2.75, 3.05) is 28.4 Å². The van der Waals surface area contributed by atoms with Crippen LogP contribution >= 0.6 is 0 Å². The summed E-state index contributed by atoms with van der Waals surface area (Å²) in [7, 11) is 6.63. The maximum Gasteiger partial charge on any atom is 0.187 e. The number of rotatable bonds is 8. The molecule has 0 spiro atoms. The van der Waals surface area contributed by atoms with Crippen LogP contribution in [0.3, 0.4) is 0 Å². The van der Waals surface area contributed by atoms with Crippen LogP contribution in [0.5, 0.6) is 5.75 Å². The summed E-state index contributed by atoms with van der Waals surface area (Å²) in [6, 6.07) is 16.2. The largest absolute Gasteiger partial charge is 0.497 e. The minimum Gasteiger partial charge on any atom is -0.497 e. The fourth-order valence-electron chi connectivity index (χ4n) is 5.35. The van der Waals surface area contributed by atoms with Gasteiger partial charge < -0.3 is 28.4 Å². The van der Waals surface area contributed by atoms with Crippen molar-refractivity contribution in [3.8, 4) is 28.4 Å². The van der Waals surface area contributed by atoms with Gasteiger partial charge in [0.2, 0.25) is 0 Å². The summed E-state index contributed by atoms with van der Waals surface area (Å²) < 4.78 is 34.9. The van der Waals surface area contributed by atoms with E-state index in [9.17, 15) is 0 Å². The van der Waals surface area contributed by atoms with Crippen molar-refractivity contribution in [3.05, 3.63) is 65.9 Å². The van der Waals surface area contributed by atoms with E-state index in [-0.39, 0.29) is 30.5 Å². The zero-order valence-corrected chi connectivity index (χ0v) is 21.9. The number of benzene rings is 2. The van der Waals surface area contributed by atoms with E-state index in [1.165, 1.54) is 11.1 Å². The molecule has 3 aromatic rings. The second-order valence-electron chi connectivity index (χ2n) is 9.45. The molecule has 1 unspecified atom stereocenters. The van der Waals surface area contributed by atoms with Crippen molar-refractivity contribution < 1.29 is 28.4 Å². The predicted octanol–water partition coefficient (Wildman–Crippen LogP) is 4.09. The third-order valence-electron chi connectivity index (χ3n) is 7.27. The molecule has 1 saturated heterocycles. The quantitative estimate of drug-likeness (QED) is 0.452. The van der Waals surface area contributed by atoms with Crippen molar-refractivity contribution in [1.82, 2.24) is 9.97 Å². The Labute approximate surface area is 217 Å². The molecule has 1 aromatic heterocycles. The zero-order chi connectivity index (χ0) is 25.9. The maximum atomic E-state index is 6.46. The highest BCUT2D eigenvalue weighted by Crippen LogP contribution is 2.33. The van der Waals surface area contributed by atoms with E-state index >= 15 is 0 Å². The van der Waals surface area contributed by atoms with Gasteiger partial charge >= 0.3 is 0 Å². The van der Waals surface area contributed by atoms with Gasteiger partial charge in [0.25, 0.3) is 0 Å². The van der Waals surface area contributed by atoms with Gasteiger partial charge in [0, 0.05) is 38.7 Å². The molecule has 8 nitrogen and oxygen atoms in total. The summed E-state index contributed by atoms with van der Waals surface area (Å²) in [5, 5.41) is 0. The Morgan fingerprint density at radius 2 is 1.49 bits per heavy atom. The van der Waals surface area contributed by atoms with E-state index in [2.05, 4.69) is 23.2 Å². The second-order valence-corrected chi connectivity index (χ2v) is 9.45. The molecule has 1 aliphatic carbocycles. The molecule has 1 fully saturated rings. The van der Waals surface area contributed by atoms with Crippen LogP contribution in [0.4, 0.5) is 0 Å². The molecule has 0 amide bonds. The summed E-state index contributed by atoms with van der Waals surface area (Å²) in [5.41, 5.74) is 5.40. The van der Waals surface area contributed by atoms with Crippen molar-refractivity contribution in [2.24, 2.45) is 0 Å². The third kappa shape index (κ3) is 5.26. The molecule has 0 saturated carbocycles. The first-order valence-corrected chi connectivity index (χ1v) is 12.5. The third-order valence-corrected chi connectivity index (χ3v) is 7.27. The van der Waals surface area contributed by atoms with E-state index in [0.29, 0.717) is 5.82 Å². The van der Waals surface area contributed by atoms with Crippen molar-refractivity contribution in [2.45, 2.75) is 56.6 Å². The van der Waals surface area contributed by atoms with Crippen LogP contribution in [0.25, 0.3) is 22.6 Å². The van der Waals surface area contributed by atoms with Gasteiger partial charge in [-0.15, -0.1) is 0 Å². The van der Waals surface area contributed by atoms with E-state index < -0.39 is 6.29 Å². The molecule has 1 aliphatic heterocycles. The van der Waals surface area contributed by atoms with Crippen LogP contribution in [-0.4, -0.2) is 75.2 Å². The lowest BCUT2D eigenvalue weighted by molar-refractivity contribution is -0.314. The van der Waals surface area contributed by atoms with Gasteiger partial charge in [-0.2, -0.15) is 0 Å². The Kier molecular flexibility index (Phi) is 7.83. The number of fused-ring (bicyclic) bond motifs is 1. The fourth-order valence-corrected chi connectivity index (χ4v) is 5.35. The van der Waals surface area contributed by atoms with Crippen LogP contribution in [0, 0.1) is 0 Å². The Balaban J connectivity index is 1.30. The molecular formula is C29H34N2O6. The molecule has 0 N–H and O–H groups in total. The minimum atomic E-state index is -0.538. The highest BCUT2D eigenvalue weighted by atomic mass is 16.7. The number of hydrogen-bond acceptors (Lipinski definition) is 8. The Bertz CT molecular complexity index is 1200. The summed E-state index contributed by atoms with van der Waals surface area (Å²) in [5.74, 6) is 1.48. The van der Waals surface area contributed by atoms with Gasteiger partial charge in [0.05, 0.1) is 25.0 Å². The lowest BCUT2D eigenvalue weighted by atomic mass is 9.99. The van der Waals surface area contributed by atoms with Gasteiger partial charge in [-0.05, 0) is 67.3 Å². The zero-order valence-electron chi connectivity index (χ0n) is 21.9. The Hall–Kier alpha value is -2.88. The van der Waals surface area contributed by atoms with Gasteiger partial charge in [0.15, 0.2) is 12.1 Å². The first-order chi connectivity index (χ1) is 18.0. The number of aromatic nitrogens is 2. The van der Waals surface area contributed by atoms with Crippen LogP contribution in [-0.2, 0) is 36.5 Å². The van der Waals surface area contributed by atoms with Gasteiger partial charge in [-0.1, -0.05) is 12.1 Å². The van der Waals surface area contributed by atoms with E-state index in [4.69, 9.17) is 33.4 Å². The van der Waals surface area contributed by atoms with Crippen molar-refractivity contribution in [3.63, 3.8) is 0 Å². The van der Waals surface area contributed by atoms with Crippen LogP contribution < -0.4 is 4.74 Å².